The molecule has 0 radical (unpaired) electrons. The monoisotopic (exact) mass is 332 g/mol. The van der Waals surface area contributed by atoms with E-state index < -0.39 is 0 Å². The maximum Gasteiger partial charge on any atom is 0.224 e. The molecule has 0 saturated heterocycles. The minimum atomic E-state index is -0.0485. The van der Waals surface area contributed by atoms with Crippen molar-refractivity contribution in [3.8, 4) is 0 Å². The Hall–Kier alpha value is -2.15. The van der Waals surface area contributed by atoms with Crippen molar-refractivity contribution in [2.45, 2.75) is 38.4 Å². The molecule has 6 nitrogen and oxygen atoms in total. The van der Waals surface area contributed by atoms with Crippen LogP contribution in [0, 0.1) is 0 Å². The number of thioether (sulfide) groups is 1. The summed E-state index contributed by atoms with van der Waals surface area (Å²) in [6, 6.07) is 7.18. The van der Waals surface area contributed by atoms with Crippen molar-refractivity contribution in [2.24, 2.45) is 0 Å². The molecule has 0 atom stereocenters. The summed E-state index contributed by atoms with van der Waals surface area (Å²) >= 11 is 1.37. The number of hydrogen-bond acceptors (Lipinski definition) is 5. The highest BCUT2D eigenvalue weighted by atomic mass is 32.2. The molecule has 7 heteroatoms. The summed E-state index contributed by atoms with van der Waals surface area (Å²) in [4.78, 5) is 23.6. The number of rotatable bonds is 7. The van der Waals surface area contributed by atoms with Crippen LogP contribution < -0.4 is 5.32 Å². The topological polar surface area (TPSA) is 76.9 Å². The second-order valence-corrected chi connectivity index (χ2v) is 6.25. The van der Waals surface area contributed by atoms with Crippen molar-refractivity contribution >= 4 is 29.1 Å². The average Bonchev–Trinajstić information content (AvgIpc) is 3.02. The lowest BCUT2D eigenvalue weighted by Gasteiger charge is -2.09. The molecule has 1 amide bonds. The highest BCUT2D eigenvalue weighted by Crippen LogP contribution is 2.20. The Morgan fingerprint density at radius 2 is 1.96 bits per heavy atom. The van der Waals surface area contributed by atoms with Crippen LogP contribution in [0.5, 0.6) is 0 Å². The standard InChI is InChI=1S/C16H20N4O2S/c1-4-15(22)18-13-7-5-12(6-8-13)14(21)9-23-16-19-17-10-20(16)11(2)3/h5-8,10-11H,4,9H2,1-3H3,(H,18,22). The number of carbonyl (C=O) groups is 2. The van der Waals surface area contributed by atoms with Crippen LogP contribution in [0.2, 0.25) is 0 Å². The van der Waals surface area contributed by atoms with Crippen LogP contribution in [-0.2, 0) is 4.79 Å². The number of nitrogens with one attached hydrogen (secondary N) is 1. The third-order valence-corrected chi connectivity index (χ3v) is 4.20. The van der Waals surface area contributed by atoms with E-state index in [0.717, 1.165) is 5.16 Å². The number of Topliss-reactive ketones (excluding diaryl/α,β-unsaturated/α-hetero) is 1. The van der Waals surface area contributed by atoms with Gasteiger partial charge < -0.3 is 9.88 Å². The van der Waals surface area contributed by atoms with Crippen molar-refractivity contribution in [1.82, 2.24) is 14.8 Å². The van der Waals surface area contributed by atoms with E-state index in [-0.39, 0.29) is 17.7 Å². The van der Waals surface area contributed by atoms with E-state index in [4.69, 9.17) is 0 Å². The third-order valence-electron chi connectivity index (χ3n) is 3.24. The SMILES string of the molecule is CCC(=O)Nc1ccc(C(=O)CSc2nncn2C(C)C)cc1. The first-order chi connectivity index (χ1) is 11.0. The molecule has 0 aliphatic heterocycles. The Bertz CT molecular complexity index is 680. The van der Waals surface area contributed by atoms with E-state index in [1.54, 1.807) is 37.5 Å². The van der Waals surface area contributed by atoms with Gasteiger partial charge in [-0.25, -0.2) is 0 Å². The maximum absolute atomic E-state index is 12.2. The average molecular weight is 332 g/mol. The van der Waals surface area contributed by atoms with Crippen LogP contribution in [0.15, 0.2) is 35.7 Å². The van der Waals surface area contributed by atoms with Crippen LogP contribution in [0.4, 0.5) is 5.69 Å². The third kappa shape index (κ3) is 4.66. The summed E-state index contributed by atoms with van der Waals surface area (Å²) in [5.74, 6) is 0.265. The molecule has 1 aromatic carbocycles. The summed E-state index contributed by atoms with van der Waals surface area (Å²) in [6.45, 7) is 5.87. The number of ketones is 1. The number of nitrogens with zero attached hydrogens (tertiary/aromatic N) is 3. The fourth-order valence-electron chi connectivity index (χ4n) is 1.89. The van der Waals surface area contributed by atoms with E-state index in [1.165, 1.54) is 11.8 Å². The van der Waals surface area contributed by atoms with Gasteiger partial charge in [0.15, 0.2) is 10.9 Å². The molecule has 0 saturated carbocycles. The highest BCUT2D eigenvalue weighted by Gasteiger charge is 2.12. The van der Waals surface area contributed by atoms with Gasteiger partial charge in [-0.1, -0.05) is 18.7 Å². The molecular weight excluding hydrogens is 312 g/mol. The van der Waals surface area contributed by atoms with Crippen molar-refractivity contribution < 1.29 is 9.59 Å². The predicted octanol–water partition coefficient (Wildman–Crippen LogP) is 3.18. The zero-order chi connectivity index (χ0) is 16.8. The molecule has 1 aromatic heterocycles. The molecule has 0 spiro atoms. The van der Waals surface area contributed by atoms with Gasteiger partial charge >= 0.3 is 0 Å². The van der Waals surface area contributed by atoms with E-state index in [2.05, 4.69) is 15.5 Å². The van der Waals surface area contributed by atoms with Gasteiger partial charge in [0.25, 0.3) is 0 Å². The smallest absolute Gasteiger partial charge is 0.224 e. The van der Waals surface area contributed by atoms with Crippen molar-refractivity contribution in [3.63, 3.8) is 0 Å². The number of amides is 1. The Balaban J connectivity index is 1.95. The largest absolute Gasteiger partial charge is 0.326 e. The molecule has 2 rings (SSSR count). The lowest BCUT2D eigenvalue weighted by atomic mass is 10.1. The first kappa shape index (κ1) is 17.2. The van der Waals surface area contributed by atoms with Crippen LogP contribution in [0.3, 0.4) is 0 Å². The molecule has 2 aromatic rings. The summed E-state index contributed by atoms with van der Waals surface area (Å²) in [6.07, 6.45) is 2.09. The second-order valence-electron chi connectivity index (χ2n) is 5.31. The van der Waals surface area contributed by atoms with Gasteiger partial charge in [0.2, 0.25) is 5.91 Å². The van der Waals surface area contributed by atoms with Crippen LogP contribution >= 0.6 is 11.8 Å². The van der Waals surface area contributed by atoms with Gasteiger partial charge in [-0.15, -0.1) is 10.2 Å². The van der Waals surface area contributed by atoms with Gasteiger partial charge in [0.1, 0.15) is 6.33 Å². The van der Waals surface area contributed by atoms with E-state index in [1.807, 2.05) is 18.4 Å². The Morgan fingerprint density at radius 3 is 2.57 bits per heavy atom. The first-order valence-electron chi connectivity index (χ1n) is 7.46. The summed E-state index contributed by atoms with van der Waals surface area (Å²) < 4.78 is 1.93. The quantitative estimate of drug-likeness (QED) is 0.622. The Labute approximate surface area is 139 Å². The molecule has 0 aliphatic carbocycles. The van der Waals surface area contributed by atoms with Gasteiger partial charge in [0.05, 0.1) is 5.75 Å². The van der Waals surface area contributed by atoms with Crippen LogP contribution in [0.1, 0.15) is 43.6 Å². The summed E-state index contributed by atoms with van der Waals surface area (Å²) in [7, 11) is 0. The molecule has 0 aliphatic rings. The zero-order valence-electron chi connectivity index (χ0n) is 13.4. The molecule has 0 unspecified atom stereocenters. The van der Waals surface area contributed by atoms with Gasteiger partial charge in [-0.2, -0.15) is 0 Å². The number of hydrogen-bond donors (Lipinski definition) is 1. The number of anilines is 1. The van der Waals surface area contributed by atoms with Crippen LogP contribution in [-0.4, -0.2) is 32.2 Å². The molecular formula is C16H20N4O2S. The second kappa shape index (κ2) is 7.92. The molecule has 1 N–H and O–H groups in total. The minimum Gasteiger partial charge on any atom is -0.326 e. The van der Waals surface area contributed by atoms with Gasteiger partial charge in [-0.3, -0.25) is 9.59 Å². The number of benzene rings is 1. The Kier molecular flexibility index (Phi) is 5.92. The summed E-state index contributed by atoms with van der Waals surface area (Å²) in [5, 5.41) is 11.4. The van der Waals surface area contributed by atoms with Crippen LogP contribution in [0.25, 0.3) is 0 Å². The molecule has 1 heterocycles. The fourth-order valence-corrected chi connectivity index (χ4v) is 2.83. The zero-order valence-corrected chi connectivity index (χ0v) is 14.3. The van der Waals surface area contributed by atoms with Crippen molar-refractivity contribution in [2.75, 3.05) is 11.1 Å². The lowest BCUT2D eigenvalue weighted by molar-refractivity contribution is -0.115. The first-order valence-corrected chi connectivity index (χ1v) is 8.45. The molecule has 0 bridgehead atoms. The molecule has 122 valence electrons. The van der Waals surface area contributed by atoms with E-state index >= 15 is 0 Å². The predicted molar refractivity (Wildman–Crippen MR) is 90.8 cm³/mol. The van der Waals surface area contributed by atoms with E-state index in [9.17, 15) is 9.59 Å². The molecule has 23 heavy (non-hydrogen) atoms. The van der Waals surface area contributed by atoms with Gasteiger partial charge in [0, 0.05) is 23.7 Å². The normalized spacial score (nSPS) is 10.8. The van der Waals surface area contributed by atoms with Gasteiger partial charge in [-0.05, 0) is 38.1 Å². The Morgan fingerprint density at radius 1 is 1.26 bits per heavy atom. The highest BCUT2D eigenvalue weighted by molar-refractivity contribution is 7.99. The van der Waals surface area contributed by atoms with Crippen molar-refractivity contribution in [1.29, 1.82) is 0 Å². The number of aromatic nitrogens is 3. The number of carbonyl (C=O) groups excluding carboxylic acids is 2. The van der Waals surface area contributed by atoms with Crippen molar-refractivity contribution in [3.05, 3.63) is 36.2 Å². The maximum atomic E-state index is 12.2. The fraction of sp³-hybridized carbons (Fsp3) is 0.375. The van der Waals surface area contributed by atoms with E-state index in [0.29, 0.717) is 23.4 Å². The molecule has 0 fully saturated rings. The lowest BCUT2D eigenvalue weighted by Crippen LogP contribution is -2.10. The minimum absolute atomic E-state index is 0.0154. The summed E-state index contributed by atoms with van der Waals surface area (Å²) in [5.41, 5.74) is 1.31.